The van der Waals surface area contributed by atoms with Gasteiger partial charge in [0.2, 0.25) is 0 Å². The van der Waals surface area contributed by atoms with E-state index < -0.39 is 5.97 Å². The van der Waals surface area contributed by atoms with E-state index in [0.29, 0.717) is 17.7 Å². The molecule has 1 amide bonds. The first kappa shape index (κ1) is 11.9. The Bertz CT molecular complexity index is 427. The van der Waals surface area contributed by atoms with Gasteiger partial charge in [-0.25, -0.2) is 4.79 Å². The Hall–Kier alpha value is -2.17. The Kier molecular flexibility index (Phi) is 4.20. The molecule has 1 aromatic heterocycles. The highest BCUT2D eigenvalue weighted by molar-refractivity contribution is 5.94. The van der Waals surface area contributed by atoms with Crippen molar-refractivity contribution in [2.24, 2.45) is 0 Å². The maximum Gasteiger partial charge on any atom is 0.328 e. The van der Waals surface area contributed by atoms with Crippen molar-refractivity contribution in [3.05, 3.63) is 35.7 Å². The van der Waals surface area contributed by atoms with Crippen LogP contribution in [-0.2, 0) is 4.79 Å². The fraction of sp³-hybridized carbons (Fsp3) is 0.182. The Morgan fingerprint density at radius 2 is 2.25 bits per heavy atom. The van der Waals surface area contributed by atoms with Crippen molar-refractivity contribution in [1.82, 2.24) is 10.3 Å². The van der Waals surface area contributed by atoms with Crippen LogP contribution in [0, 0.1) is 0 Å². The minimum atomic E-state index is -1.04. The molecule has 5 heteroatoms. The van der Waals surface area contributed by atoms with E-state index in [1.165, 1.54) is 18.5 Å². The molecule has 0 fully saturated rings. The fourth-order valence-electron chi connectivity index (χ4n) is 1.10. The van der Waals surface area contributed by atoms with Gasteiger partial charge in [-0.1, -0.05) is 0 Å². The Balaban J connectivity index is 2.86. The Morgan fingerprint density at radius 1 is 1.50 bits per heavy atom. The first-order valence-corrected chi connectivity index (χ1v) is 4.77. The van der Waals surface area contributed by atoms with Gasteiger partial charge in [-0.3, -0.25) is 9.78 Å². The van der Waals surface area contributed by atoms with Crippen LogP contribution in [0.3, 0.4) is 0 Å². The number of carbonyl (C=O) groups excluding carboxylic acids is 1. The summed E-state index contributed by atoms with van der Waals surface area (Å²) in [5.41, 5.74) is 0.987. The summed E-state index contributed by atoms with van der Waals surface area (Å²) < 4.78 is 0. The van der Waals surface area contributed by atoms with Crippen LogP contribution in [0.2, 0.25) is 0 Å². The lowest BCUT2D eigenvalue weighted by Gasteiger charge is -2.01. The number of hydrogen-bond acceptors (Lipinski definition) is 3. The number of aliphatic carboxylic acids is 1. The third kappa shape index (κ3) is 3.53. The molecule has 0 radical (unpaired) electrons. The normalized spacial score (nSPS) is 10.3. The average molecular weight is 220 g/mol. The lowest BCUT2D eigenvalue weighted by atomic mass is 10.2. The molecule has 0 unspecified atom stereocenters. The number of carbonyl (C=O) groups is 2. The monoisotopic (exact) mass is 220 g/mol. The van der Waals surface area contributed by atoms with Gasteiger partial charge in [0.25, 0.3) is 5.91 Å². The van der Waals surface area contributed by atoms with Crippen LogP contribution in [-0.4, -0.2) is 28.5 Å². The molecule has 2 N–H and O–H groups in total. The van der Waals surface area contributed by atoms with Crippen molar-refractivity contribution in [3.63, 3.8) is 0 Å². The van der Waals surface area contributed by atoms with Crippen LogP contribution in [0.25, 0.3) is 6.08 Å². The zero-order chi connectivity index (χ0) is 12.0. The second-order valence-corrected chi connectivity index (χ2v) is 3.04. The van der Waals surface area contributed by atoms with Gasteiger partial charge in [0.15, 0.2) is 0 Å². The summed E-state index contributed by atoms with van der Waals surface area (Å²) in [6.45, 7) is 2.35. The van der Waals surface area contributed by atoms with E-state index >= 15 is 0 Å². The predicted molar refractivity (Wildman–Crippen MR) is 58.9 cm³/mol. The topological polar surface area (TPSA) is 79.3 Å². The van der Waals surface area contributed by atoms with Gasteiger partial charge in [0.1, 0.15) is 0 Å². The van der Waals surface area contributed by atoms with Gasteiger partial charge in [0, 0.05) is 25.0 Å². The van der Waals surface area contributed by atoms with Gasteiger partial charge >= 0.3 is 5.97 Å². The van der Waals surface area contributed by atoms with Gasteiger partial charge in [-0.15, -0.1) is 0 Å². The fourth-order valence-corrected chi connectivity index (χ4v) is 1.10. The quantitative estimate of drug-likeness (QED) is 0.740. The third-order valence-electron chi connectivity index (χ3n) is 1.78. The van der Waals surface area contributed by atoms with Crippen LogP contribution in [0.1, 0.15) is 22.8 Å². The van der Waals surface area contributed by atoms with E-state index in [1.54, 1.807) is 6.07 Å². The summed E-state index contributed by atoms with van der Waals surface area (Å²) in [5, 5.41) is 11.1. The number of hydrogen-bond donors (Lipinski definition) is 2. The SMILES string of the molecule is CCNC(=O)c1cncc(C=CC(=O)O)c1. The molecule has 1 rings (SSSR count). The minimum Gasteiger partial charge on any atom is -0.478 e. The van der Waals surface area contributed by atoms with Gasteiger partial charge in [-0.2, -0.15) is 0 Å². The van der Waals surface area contributed by atoms with Crippen LogP contribution < -0.4 is 5.32 Å². The standard InChI is InChI=1S/C11H12N2O3/c1-2-13-11(16)9-5-8(6-12-7-9)3-4-10(14)15/h3-7H,2H2,1H3,(H,13,16)(H,14,15). The summed E-state index contributed by atoms with van der Waals surface area (Å²) in [6, 6.07) is 1.58. The van der Waals surface area contributed by atoms with Crippen molar-refractivity contribution in [3.8, 4) is 0 Å². The molecule has 0 aromatic carbocycles. The summed E-state index contributed by atoms with van der Waals surface area (Å²) in [6.07, 6.45) is 5.31. The maximum atomic E-state index is 11.4. The van der Waals surface area contributed by atoms with Crippen molar-refractivity contribution in [1.29, 1.82) is 0 Å². The van der Waals surface area contributed by atoms with E-state index in [-0.39, 0.29) is 5.91 Å². The first-order chi connectivity index (χ1) is 7.63. The number of pyridine rings is 1. The minimum absolute atomic E-state index is 0.222. The van der Waals surface area contributed by atoms with E-state index in [4.69, 9.17) is 5.11 Å². The number of rotatable bonds is 4. The lowest BCUT2D eigenvalue weighted by Crippen LogP contribution is -2.22. The molecule has 5 nitrogen and oxygen atoms in total. The molecule has 0 saturated carbocycles. The van der Waals surface area contributed by atoms with Crippen molar-refractivity contribution < 1.29 is 14.7 Å². The molecule has 0 bridgehead atoms. The number of carboxylic acid groups (broad SMARTS) is 1. The summed E-state index contributed by atoms with van der Waals surface area (Å²) in [5.74, 6) is -1.26. The zero-order valence-electron chi connectivity index (χ0n) is 8.80. The van der Waals surface area contributed by atoms with Gasteiger partial charge in [-0.05, 0) is 24.6 Å². The molecular weight excluding hydrogens is 208 g/mol. The van der Waals surface area contributed by atoms with Crippen molar-refractivity contribution in [2.45, 2.75) is 6.92 Å². The second-order valence-electron chi connectivity index (χ2n) is 3.04. The van der Waals surface area contributed by atoms with Crippen LogP contribution in [0.5, 0.6) is 0 Å². The number of amides is 1. The molecule has 1 aromatic rings. The highest BCUT2D eigenvalue weighted by atomic mass is 16.4. The molecule has 0 spiro atoms. The number of nitrogens with one attached hydrogen (secondary N) is 1. The average Bonchev–Trinajstić information content (AvgIpc) is 2.27. The largest absolute Gasteiger partial charge is 0.478 e. The third-order valence-corrected chi connectivity index (χ3v) is 1.78. The van der Waals surface area contributed by atoms with E-state index in [0.717, 1.165) is 6.08 Å². The molecule has 0 aliphatic heterocycles. The van der Waals surface area contributed by atoms with Crippen LogP contribution in [0.15, 0.2) is 24.5 Å². The molecule has 0 aliphatic rings. The van der Waals surface area contributed by atoms with Crippen molar-refractivity contribution in [2.75, 3.05) is 6.54 Å². The van der Waals surface area contributed by atoms with E-state index in [2.05, 4.69) is 10.3 Å². The first-order valence-electron chi connectivity index (χ1n) is 4.77. The Morgan fingerprint density at radius 3 is 2.88 bits per heavy atom. The Labute approximate surface area is 92.8 Å². The molecule has 0 aliphatic carbocycles. The van der Waals surface area contributed by atoms with E-state index in [1.807, 2.05) is 6.92 Å². The number of aromatic nitrogens is 1. The smallest absolute Gasteiger partial charge is 0.328 e. The summed E-state index contributed by atoms with van der Waals surface area (Å²) in [7, 11) is 0. The highest BCUT2D eigenvalue weighted by Crippen LogP contribution is 2.04. The number of nitrogens with zero attached hydrogens (tertiary/aromatic N) is 1. The molecule has 84 valence electrons. The van der Waals surface area contributed by atoms with Gasteiger partial charge < -0.3 is 10.4 Å². The van der Waals surface area contributed by atoms with Gasteiger partial charge in [0.05, 0.1) is 5.56 Å². The summed E-state index contributed by atoms with van der Waals surface area (Å²) >= 11 is 0. The second kappa shape index (κ2) is 5.65. The predicted octanol–water partition coefficient (Wildman–Crippen LogP) is 0.929. The maximum absolute atomic E-state index is 11.4. The zero-order valence-corrected chi connectivity index (χ0v) is 8.80. The highest BCUT2D eigenvalue weighted by Gasteiger charge is 2.04. The van der Waals surface area contributed by atoms with Crippen molar-refractivity contribution >= 4 is 18.0 Å². The molecule has 1 heterocycles. The molecule has 16 heavy (non-hydrogen) atoms. The van der Waals surface area contributed by atoms with Crippen LogP contribution in [0.4, 0.5) is 0 Å². The molecule has 0 saturated heterocycles. The molecule has 0 atom stereocenters. The molecular formula is C11H12N2O3. The lowest BCUT2D eigenvalue weighted by molar-refractivity contribution is -0.131. The number of carboxylic acids is 1. The summed E-state index contributed by atoms with van der Waals surface area (Å²) in [4.78, 5) is 25.6. The van der Waals surface area contributed by atoms with Crippen LogP contribution >= 0.6 is 0 Å². The van der Waals surface area contributed by atoms with E-state index in [9.17, 15) is 9.59 Å².